The quantitative estimate of drug-likeness (QED) is 0.627. The van der Waals surface area contributed by atoms with E-state index in [1.807, 2.05) is 0 Å². The summed E-state index contributed by atoms with van der Waals surface area (Å²) in [5.74, 6) is -0.0696. The minimum Gasteiger partial charge on any atom is -0.466 e. The van der Waals surface area contributed by atoms with Crippen LogP contribution in [0, 0.1) is 5.92 Å². The lowest BCUT2D eigenvalue weighted by Crippen LogP contribution is -2.64. The first-order valence-corrected chi connectivity index (χ1v) is 9.26. The first kappa shape index (κ1) is 14.3. The summed E-state index contributed by atoms with van der Waals surface area (Å²) in [7, 11) is 1.49. The molecule has 5 unspecified atom stereocenters. The van der Waals surface area contributed by atoms with Gasteiger partial charge < -0.3 is 14.8 Å². The highest BCUT2D eigenvalue weighted by molar-refractivity contribution is 5.94. The molecule has 6 rings (SSSR count). The molecular weight excluding hydrogens is 316 g/mol. The van der Waals surface area contributed by atoms with Crippen molar-refractivity contribution in [2.75, 3.05) is 25.5 Å². The molecule has 4 heterocycles. The van der Waals surface area contributed by atoms with Gasteiger partial charge in [0.25, 0.3) is 0 Å². The average Bonchev–Trinajstić information content (AvgIpc) is 2.99. The molecule has 4 aliphatic heterocycles. The number of fused-ring (bicyclic) bond motifs is 1. The summed E-state index contributed by atoms with van der Waals surface area (Å²) >= 11 is 0. The van der Waals surface area contributed by atoms with E-state index in [1.54, 1.807) is 0 Å². The van der Waals surface area contributed by atoms with Gasteiger partial charge in [-0.05, 0) is 44.5 Å². The predicted octanol–water partition coefficient (Wildman–Crippen LogP) is 2.04. The number of nitrogens with zero attached hydrogens (tertiary/aromatic N) is 1. The molecule has 0 aromatic heterocycles. The lowest BCUT2D eigenvalue weighted by atomic mass is 9.57. The lowest BCUT2D eigenvalue weighted by molar-refractivity contribution is -0.138. The number of epoxide rings is 1. The van der Waals surface area contributed by atoms with Crippen molar-refractivity contribution in [2.45, 2.75) is 42.9 Å². The van der Waals surface area contributed by atoms with Gasteiger partial charge >= 0.3 is 5.97 Å². The van der Waals surface area contributed by atoms with Crippen molar-refractivity contribution in [3.8, 4) is 0 Å². The number of methoxy groups -OCH3 is 1. The summed E-state index contributed by atoms with van der Waals surface area (Å²) in [6.45, 7) is 4.25. The van der Waals surface area contributed by atoms with E-state index in [0.29, 0.717) is 6.04 Å². The molecule has 1 aliphatic carbocycles. The second kappa shape index (κ2) is 4.27. The van der Waals surface area contributed by atoms with Crippen molar-refractivity contribution in [2.24, 2.45) is 5.92 Å². The zero-order valence-electron chi connectivity index (χ0n) is 14.5. The molecule has 1 N–H and O–H groups in total. The molecule has 0 amide bonds. The van der Waals surface area contributed by atoms with Crippen LogP contribution in [0.1, 0.15) is 25.3 Å². The largest absolute Gasteiger partial charge is 0.466 e. The SMILES string of the molecule is COC(=O)C1=C2Nc3ccccc3C23CCN2CCC1C1(OC1C)C23. The Kier molecular flexibility index (Phi) is 2.45. The van der Waals surface area contributed by atoms with Crippen LogP contribution in [0.3, 0.4) is 0 Å². The maximum Gasteiger partial charge on any atom is 0.335 e. The number of hydrogen-bond donors (Lipinski definition) is 1. The normalized spacial score (nSPS) is 42.9. The minimum absolute atomic E-state index is 0.124. The van der Waals surface area contributed by atoms with Gasteiger partial charge in [0.15, 0.2) is 0 Å². The van der Waals surface area contributed by atoms with Gasteiger partial charge in [-0.3, -0.25) is 4.90 Å². The van der Waals surface area contributed by atoms with Crippen LogP contribution in [0.5, 0.6) is 0 Å². The van der Waals surface area contributed by atoms with Gasteiger partial charge in [0.05, 0.1) is 30.2 Å². The number of piperidine rings is 1. The molecule has 0 radical (unpaired) electrons. The number of nitrogens with one attached hydrogen (secondary N) is 1. The average molecular weight is 338 g/mol. The summed E-state index contributed by atoms with van der Waals surface area (Å²) in [5, 5.41) is 3.63. The Balaban J connectivity index is 1.70. The van der Waals surface area contributed by atoms with E-state index in [1.165, 1.54) is 12.7 Å². The van der Waals surface area contributed by atoms with Crippen LogP contribution in [-0.2, 0) is 19.7 Å². The number of carbonyl (C=O) groups is 1. The third kappa shape index (κ3) is 1.37. The monoisotopic (exact) mass is 338 g/mol. The molecule has 5 nitrogen and oxygen atoms in total. The van der Waals surface area contributed by atoms with Crippen molar-refractivity contribution < 1.29 is 14.3 Å². The fourth-order valence-corrected chi connectivity index (χ4v) is 6.56. The number of carbonyl (C=O) groups excluding carboxylic acids is 1. The van der Waals surface area contributed by atoms with Crippen molar-refractivity contribution in [3.05, 3.63) is 41.1 Å². The zero-order chi connectivity index (χ0) is 17.0. The van der Waals surface area contributed by atoms with Crippen molar-refractivity contribution in [1.29, 1.82) is 0 Å². The summed E-state index contributed by atoms with van der Waals surface area (Å²) < 4.78 is 11.6. The fraction of sp³-hybridized carbons (Fsp3) is 0.550. The van der Waals surface area contributed by atoms with E-state index in [9.17, 15) is 4.79 Å². The van der Waals surface area contributed by atoms with Gasteiger partial charge in [-0.1, -0.05) is 18.2 Å². The maximum absolute atomic E-state index is 12.9. The van der Waals surface area contributed by atoms with Crippen LogP contribution in [0.15, 0.2) is 35.5 Å². The second-order valence-corrected chi connectivity index (χ2v) is 8.07. The lowest BCUT2D eigenvalue weighted by Gasteiger charge is -2.51. The Labute approximate surface area is 147 Å². The molecule has 3 saturated heterocycles. The Hall–Kier alpha value is -1.85. The topological polar surface area (TPSA) is 54.1 Å². The zero-order valence-corrected chi connectivity index (χ0v) is 14.5. The van der Waals surface area contributed by atoms with Gasteiger partial charge in [-0.25, -0.2) is 4.79 Å². The molecule has 130 valence electrons. The Bertz CT molecular complexity index is 849. The number of esters is 1. The van der Waals surface area contributed by atoms with E-state index in [0.717, 1.165) is 42.9 Å². The molecule has 5 atom stereocenters. The number of anilines is 1. The number of hydrogen-bond acceptors (Lipinski definition) is 5. The first-order valence-electron chi connectivity index (χ1n) is 9.26. The third-order valence-electron chi connectivity index (χ3n) is 7.40. The van der Waals surface area contributed by atoms with Gasteiger partial charge in [-0.2, -0.15) is 0 Å². The summed E-state index contributed by atoms with van der Waals surface area (Å²) in [4.78, 5) is 15.5. The van der Waals surface area contributed by atoms with E-state index in [4.69, 9.17) is 9.47 Å². The molecule has 2 spiro atoms. The summed E-state index contributed by atoms with van der Waals surface area (Å²) in [6, 6.07) is 8.83. The third-order valence-corrected chi connectivity index (χ3v) is 7.40. The van der Waals surface area contributed by atoms with Crippen LogP contribution < -0.4 is 5.32 Å². The van der Waals surface area contributed by atoms with Gasteiger partial charge in [-0.15, -0.1) is 0 Å². The molecule has 1 aromatic carbocycles. The van der Waals surface area contributed by atoms with Crippen LogP contribution in [0.25, 0.3) is 0 Å². The maximum atomic E-state index is 12.9. The van der Waals surface area contributed by atoms with Gasteiger partial charge in [0.1, 0.15) is 5.60 Å². The smallest absolute Gasteiger partial charge is 0.335 e. The number of ether oxygens (including phenoxy) is 2. The highest BCUT2D eigenvalue weighted by atomic mass is 16.6. The van der Waals surface area contributed by atoms with Gasteiger partial charge in [0, 0.05) is 17.3 Å². The number of para-hydroxylation sites is 1. The minimum atomic E-state index is -0.235. The van der Waals surface area contributed by atoms with E-state index in [2.05, 4.69) is 41.4 Å². The van der Waals surface area contributed by atoms with Crippen LogP contribution in [0.4, 0.5) is 5.69 Å². The number of rotatable bonds is 1. The first-order chi connectivity index (χ1) is 12.1. The van der Waals surface area contributed by atoms with E-state index < -0.39 is 0 Å². The molecule has 25 heavy (non-hydrogen) atoms. The second-order valence-electron chi connectivity index (χ2n) is 8.07. The van der Waals surface area contributed by atoms with Crippen molar-refractivity contribution >= 4 is 11.7 Å². The fourth-order valence-electron chi connectivity index (χ4n) is 6.56. The molecule has 0 saturated carbocycles. The summed E-state index contributed by atoms with van der Waals surface area (Å²) in [6.07, 6.45) is 2.18. The number of benzene rings is 1. The van der Waals surface area contributed by atoms with Crippen molar-refractivity contribution in [3.63, 3.8) is 0 Å². The van der Waals surface area contributed by atoms with E-state index in [-0.39, 0.29) is 29.0 Å². The predicted molar refractivity (Wildman–Crippen MR) is 92.1 cm³/mol. The standard InChI is InChI=1S/C20H22N2O3/c1-11-20(25-11)13-7-9-22-10-8-19(18(20)22)12-5-3-4-6-14(12)21-16(19)15(13)17(23)24-2/h3-6,11,13,18,21H,7-10H2,1-2H3. The molecule has 3 fully saturated rings. The Morgan fingerprint density at radius 2 is 2.16 bits per heavy atom. The summed E-state index contributed by atoms with van der Waals surface area (Å²) in [5.41, 5.74) is 3.98. The molecule has 5 heteroatoms. The molecule has 1 aromatic rings. The van der Waals surface area contributed by atoms with Crippen molar-refractivity contribution in [1.82, 2.24) is 4.90 Å². The Morgan fingerprint density at radius 1 is 1.36 bits per heavy atom. The van der Waals surface area contributed by atoms with Crippen LogP contribution in [0.2, 0.25) is 0 Å². The Morgan fingerprint density at radius 3 is 2.92 bits per heavy atom. The van der Waals surface area contributed by atoms with Gasteiger partial charge in [0.2, 0.25) is 0 Å². The van der Waals surface area contributed by atoms with E-state index >= 15 is 0 Å². The molecule has 5 aliphatic rings. The highest BCUT2D eigenvalue weighted by Gasteiger charge is 2.78. The van der Waals surface area contributed by atoms with Crippen LogP contribution >= 0.6 is 0 Å². The molecular formula is C20H22N2O3. The molecule has 2 bridgehead atoms. The highest BCUT2D eigenvalue weighted by Crippen LogP contribution is 2.69. The van der Waals surface area contributed by atoms with Crippen LogP contribution in [-0.4, -0.2) is 48.8 Å².